The average Bonchev–Trinajstić information content (AvgIpc) is 2.97. The number of piperazine rings is 1. The van der Waals surface area contributed by atoms with Crippen LogP contribution in [0.5, 0.6) is 0 Å². The molecule has 2 aliphatic heterocycles. The van der Waals surface area contributed by atoms with E-state index in [0.717, 1.165) is 25.0 Å². The van der Waals surface area contributed by atoms with Crippen LogP contribution in [0.15, 0.2) is 0 Å². The van der Waals surface area contributed by atoms with Crippen LogP contribution in [-0.4, -0.2) is 60.1 Å². The summed E-state index contributed by atoms with van der Waals surface area (Å²) in [5.41, 5.74) is 1.18. The molecule has 0 radical (unpaired) electrons. The molecule has 0 aromatic rings. The van der Waals surface area contributed by atoms with Gasteiger partial charge in [0.25, 0.3) is 0 Å². The van der Waals surface area contributed by atoms with Crippen LogP contribution in [0.2, 0.25) is 0 Å². The Morgan fingerprint density at radius 3 is 2.14 bits per heavy atom. The third kappa shape index (κ3) is 2.74. The van der Waals surface area contributed by atoms with Crippen molar-refractivity contribution >= 4 is 0 Å². The van der Waals surface area contributed by atoms with Gasteiger partial charge in [-0.3, -0.25) is 4.90 Å². The number of nitrogens with zero attached hydrogens (tertiary/aromatic N) is 2. The number of fused-ring (bicyclic) bond motifs is 1. The van der Waals surface area contributed by atoms with Crippen LogP contribution >= 0.6 is 0 Å². The van der Waals surface area contributed by atoms with Gasteiger partial charge in [0.2, 0.25) is 0 Å². The van der Waals surface area contributed by atoms with Gasteiger partial charge in [-0.05, 0) is 43.9 Å². The van der Waals surface area contributed by atoms with Crippen molar-refractivity contribution in [3.05, 3.63) is 0 Å². The Morgan fingerprint density at radius 2 is 1.64 bits per heavy atom. The minimum Gasteiger partial charge on any atom is -0.314 e. The summed E-state index contributed by atoms with van der Waals surface area (Å²) < 4.78 is 0. The fourth-order valence-electron chi connectivity index (χ4n) is 5.31. The van der Waals surface area contributed by atoms with E-state index in [4.69, 9.17) is 0 Å². The molecule has 22 heavy (non-hydrogen) atoms. The first kappa shape index (κ1) is 16.7. The van der Waals surface area contributed by atoms with Crippen molar-refractivity contribution in [1.29, 1.82) is 0 Å². The maximum absolute atomic E-state index is 3.49. The van der Waals surface area contributed by atoms with Crippen molar-refractivity contribution < 1.29 is 0 Å². The second kappa shape index (κ2) is 5.19. The van der Waals surface area contributed by atoms with Crippen LogP contribution in [-0.2, 0) is 0 Å². The summed E-state index contributed by atoms with van der Waals surface area (Å²) in [6.07, 6.45) is 1.41. The third-order valence-electron chi connectivity index (χ3n) is 6.42. The lowest BCUT2D eigenvalue weighted by Crippen LogP contribution is -2.56. The molecule has 2 unspecified atom stereocenters. The van der Waals surface area contributed by atoms with Gasteiger partial charge in [-0.2, -0.15) is 0 Å². The number of hydrogen-bond donors (Lipinski definition) is 1. The molecule has 4 atom stereocenters. The Labute approximate surface area is 137 Å². The van der Waals surface area contributed by atoms with Gasteiger partial charge in [0.15, 0.2) is 0 Å². The minimum absolute atomic E-state index is 0.276. The van der Waals surface area contributed by atoms with Gasteiger partial charge in [-0.1, -0.05) is 27.7 Å². The predicted molar refractivity (Wildman–Crippen MR) is 94.1 cm³/mol. The highest BCUT2D eigenvalue weighted by molar-refractivity contribution is 5.23. The second-order valence-corrected chi connectivity index (χ2v) is 10.3. The largest absolute Gasteiger partial charge is 0.314 e. The molecule has 2 heterocycles. The Balaban J connectivity index is 1.86. The quantitative estimate of drug-likeness (QED) is 0.846. The summed E-state index contributed by atoms with van der Waals surface area (Å²) in [5.74, 6) is 0.815. The van der Waals surface area contributed by atoms with Gasteiger partial charge < -0.3 is 10.2 Å². The topological polar surface area (TPSA) is 18.5 Å². The number of hydrogen-bond acceptors (Lipinski definition) is 3. The Kier molecular flexibility index (Phi) is 3.95. The van der Waals surface area contributed by atoms with Crippen molar-refractivity contribution in [2.45, 2.75) is 72.5 Å². The van der Waals surface area contributed by atoms with E-state index in [1.54, 1.807) is 0 Å². The molecule has 0 amide bonds. The molecule has 3 nitrogen and oxygen atoms in total. The van der Waals surface area contributed by atoms with Crippen molar-refractivity contribution in [2.75, 3.05) is 32.7 Å². The lowest BCUT2D eigenvalue weighted by Gasteiger charge is -2.48. The SMILES string of the molecule is CC(C)(C)[C@@H]1C(CN2CCNCC2)[C@@]2(C)CC2N1C(C)(C)C. The van der Waals surface area contributed by atoms with E-state index in [1.165, 1.54) is 26.1 Å². The zero-order chi connectivity index (χ0) is 16.3. The maximum atomic E-state index is 3.49. The smallest absolute Gasteiger partial charge is 0.0198 e. The van der Waals surface area contributed by atoms with Gasteiger partial charge in [-0.15, -0.1) is 0 Å². The van der Waals surface area contributed by atoms with Crippen molar-refractivity contribution in [3.63, 3.8) is 0 Å². The highest BCUT2D eigenvalue weighted by atomic mass is 15.3. The van der Waals surface area contributed by atoms with Crippen molar-refractivity contribution in [2.24, 2.45) is 16.7 Å². The first-order valence-electron chi connectivity index (χ1n) is 9.27. The zero-order valence-corrected chi connectivity index (χ0v) is 15.9. The molecule has 0 aromatic heterocycles. The number of piperidine rings is 1. The summed E-state index contributed by atoms with van der Waals surface area (Å²) in [4.78, 5) is 5.60. The van der Waals surface area contributed by atoms with Crippen LogP contribution in [0.25, 0.3) is 0 Å². The summed E-state index contributed by atoms with van der Waals surface area (Å²) in [7, 11) is 0. The van der Waals surface area contributed by atoms with Crippen molar-refractivity contribution in [1.82, 2.24) is 15.1 Å². The molecule has 3 aliphatic rings. The van der Waals surface area contributed by atoms with Gasteiger partial charge in [0.1, 0.15) is 0 Å². The van der Waals surface area contributed by atoms with Crippen LogP contribution in [0.4, 0.5) is 0 Å². The van der Waals surface area contributed by atoms with Gasteiger partial charge in [0.05, 0.1) is 0 Å². The second-order valence-electron chi connectivity index (χ2n) is 10.3. The third-order valence-corrected chi connectivity index (χ3v) is 6.42. The maximum Gasteiger partial charge on any atom is 0.0198 e. The highest BCUT2D eigenvalue weighted by Gasteiger charge is 2.70. The van der Waals surface area contributed by atoms with Crippen LogP contribution < -0.4 is 5.32 Å². The normalized spacial score (nSPS) is 40.8. The van der Waals surface area contributed by atoms with E-state index in [9.17, 15) is 0 Å². The minimum atomic E-state index is 0.276. The van der Waals surface area contributed by atoms with Crippen LogP contribution in [0, 0.1) is 16.7 Å². The van der Waals surface area contributed by atoms with E-state index in [2.05, 4.69) is 63.6 Å². The highest BCUT2D eigenvalue weighted by Crippen LogP contribution is 2.66. The van der Waals surface area contributed by atoms with E-state index >= 15 is 0 Å². The van der Waals surface area contributed by atoms with Crippen molar-refractivity contribution in [3.8, 4) is 0 Å². The molecule has 1 saturated carbocycles. The summed E-state index contributed by atoms with van der Waals surface area (Å²) in [5, 5.41) is 3.49. The average molecular weight is 308 g/mol. The molecule has 1 aliphatic carbocycles. The molecule has 0 spiro atoms. The molecule has 3 heteroatoms. The lowest BCUT2D eigenvalue weighted by molar-refractivity contribution is 0.00273. The molecular formula is C19H37N3. The molecular weight excluding hydrogens is 270 g/mol. The summed E-state index contributed by atoms with van der Waals surface area (Å²) in [6, 6.07) is 1.51. The Morgan fingerprint density at radius 1 is 1.05 bits per heavy atom. The van der Waals surface area contributed by atoms with Crippen LogP contribution in [0.1, 0.15) is 54.9 Å². The summed E-state index contributed by atoms with van der Waals surface area (Å²) in [6.45, 7) is 23.2. The van der Waals surface area contributed by atoms with Gasteiger partial charge in [0, 0.05) is 50.3 Å². The van der Waals surface area contributed by atoms with E-state index in [-0.39, 0.29) is 5.54 Å². The predicted octanol–water partition coefficient (Wildman–Crippen LogP) is 2.82. The number of likely N-dealkylation sites (tertiary alicyclic amines) is 1. The molecule has 3 fully saturated rings. The molecule has 0 aromatic carbocycles. The number of rotatable bonds is 2. The first-order chi connectivity index (χ1) is 10.0. The molecule has 2 saturated heterocycles. The van der Waals surface area contributed by atoms with Gasteiger partial charge in [-0.25, -0.2) is 0 Å². The molecule has 0 bridgehead atoms. The van der Waals surface area contributed by atoms with Gasteiger partial charge >= 0.3 is 0 Å². The standard InChI is InChI=1S/C19H37N3/c1-17(2,3)16-14(13-21-10-8-20-9-11-21)19(7)12-15(19)22(16)18(4,5)6/h14-16,20H,8-13H2,1-7H3/t14?,15?,16-,19+/m0/s1. The number of nitrogens with one attached hydrogen (secondary N) is 1. The first-order valence-corrected chi connectivity index (χ1v) is 9.27. The fourth-order valence-corrected chi connectivity index (χ4v) is 5.31. The Hall–Kier alpha value is -0.120. The van der Waals surface area contributed by atoms with E-state index in [1.807, 2.05) is 0 Å². The molecule has 3 rings (SSSR count). The molecule has 1 N–H and O–H groups in total. The summed E-state index contributed by atoms with van der Waals surface area (Å²) >= 11 is 0. The van der Waals surface area contributed by atoms with E-state index in [0.29, 0.717) is 16.9 Å². The Bertz CT molecular complexity index is 413. The molecule has 128 valence electrons. The zero-order valence-electron chi connectivity index (χ0n) is 15.9. The van der Waals surface area contributed by atoms with E-state index < -0.39 is 0 Å². The lowest BCUT2D eigenvalue weighted by atomic mass is 9.73. The monoisotopic (exact) mass is 307 g/mol. The fraction of sp³-hybridized carbons (Fsp3) is 1.00. The van der Waals surface area contributed by atoms with Crippen LogP contribution in [0.3, 0.4) is 0 Å².